The van der Waals surface area contributed by atoms with Crippen LogP contribution in [0, 0.1) is 11.3 Å². The fraction of sp³-hybridized carbons (Fsp3) is 0.708. The van der Waals surface area contributed by atoms with E-state index in [1.54, 1.807) is 12.1 Å². The van der Waals surface area contributed by atoms with E-state index in [4.69, 9.17) is 19.5 Å². The lowest BCUT2D eigenvalue weighted by Crippen LogP contribution is -2.28. The van der Waals surface area contributed by atoms with Crippen LogP contribution in [-0.4, -0.2) is 32.5 Å². The molecule has 1 unspecified atom stereocenters. The van der Waals surface area contributed by atoms with Gasteiger partial charge in [-0.05, 0) is 37.1 Å². The molecule has 0 saturated heterocycles. The van der Waals surface area contributed by atoms with E-state index in [2.05, 4.69) is 19.9 Å². The lowest BCUT2D eigenvalue weighted by Gasteiger charge is -2.19. The first-order chi connectivity index (χ1) is 13.8. The second-order valence-electron chi connectivity index (χ2n) is 7.34. The molecule has 1 rings (SSSR count). The average molecular weight is 390 g/mol. The molecule has 28 heavy (non-hydrogen) atoms. The summed E-state index contributed by atoms with van der Waals surface area (Å²) in [6, 6.07) is 9.32. The predicted octanol–water partition coefficient (Wildman–Crippen LogP) is 6.28. The van der Waals surface area contributed by atoms with Crippen molar-refractivity contribution < 1.29 is 14.2 Å². The fourth-order valence-corrected chi connectivity index (χ4v) is 2.94. The van der Waals surface area contributed by atoms with Crippen molar-refractivity contribution in [3.05, 3.63) is 29.8 Å². The van der Waals surface area contributed by atoms with Crippen molar-refractivity contribution in [2.45, 2.75) is 84.2 Å². The molecule has 0 heterocycles. The standard InChI is InChI=1S/C24H39NO3/c1-3-5-7-9-11-17-26-20-24(27-18-12-10-8-6-4-2)21-28-23-15-13-22(19-25)14-16-23/h13-16,24H,3-12,17-18,20-21H2,1-2H3. The summed E-state index contributed by atoms with van der Waals surface area (Å²) in [6.45, 7) is 7.04. The maximum Gasteiger partial charge on any atom is 0.119 e. The summed E-state index contributed by atoms with van der Waals surface area (Å²) in [4.78, 5) is 0. The summed E-state index contributed by atoms with van der Waals surface area (Å²) >= 11 is 0. The minimum Gasteiger partial charge on any atom is -0.491 e. The molecule has 158 valence electrons. The molecule has 0 bridgehead atoms. The van der Waals surface area contributed by atoms with E-state index in [0.29, 0.717) is 18.8 Å². The van der Waals surface area contributed by atoms with E-state index < -0.39 is 0 Å². The van der Waals surface area contributed by atoms with Gasteiger partial charge >= 0.3 is 0 Å². The highest BCUT2D eigenvalue weighted by Gasteiger charge is 2.11. The summed E-state index contributed by atoms with van der Waals surface area (Å²) in [5.74, 6) is 0.759. The lowest BCUT2D eigenvalue weighted by atomic mass is 10.2. The van der Waals surface area contributed by atoms with E-state index in [-0.39, 0.29) is 6.10 Å². The number of rotatable bonds is 18. The van der Waals surface area contributed by atoms with Crippen molar-refractivity contribution in [1.82, 2.24) is 0 Å². The van der Waals surface area contributed by atoms with Gasteiger partial charge in [0.1, 0.15) is 18.5 Å². The first-order valence-corrected chi connectivity index (χ1v) is 11.1. The van der Waals surface area contributed by atoms with Crippen molar-refractivity contribution in [1.29, 1.82) is 5.26 Å². The van der Waals surface area contributed by atoms with Gasteiger partial charge in [-0.3, -0.25) is 0 Å². The fourth-order valence-electron chi connectivity index (χ4n) is 2.94. The molecule has 4 heteroatoms. The molecule has 0 aromatic heterocycles. The Kier molecular flexibility index (Phi) is 15.3. The van der Waals surface area contributed by atoms with Crippen LogP contribution in [0.5, 0.6) is 5.75 Å². The van der Waals surface area contributed by atoms with Gasteiger partial charge in [0.2, 0.25) is 0 Å². The predicted molar refractivity (Wildman–Crippen MR) is 115 cm³/mol. The van der Waals surface area contributed by atoms with Gasteiger partial charge in [-0.2, -0.15) is 5.26 Å². The molecule has 0 fully saturated rings. The minimum atomic E-state index is -0.0579. The first kappa shape index (κ1) is 24.5. The molecule has 0 aliphatic carbocycles. The van der Waals surface area contributed by atoms with Crippen LogP contribution < -0.4 is 4.74 Å². The number of nitrogens with zero attached hydrogens (tertiary/aromatic N) is 1. The van der Waals surface area contributed by atoms with Gasteiger partial charge < -0.3 is 14.2 Å². The molecule has 0 saturated carbocycles. The Balaban J connectivity index is 2.30. The Bertz CT molecular complexity index is 510. The zero-order chi connectivity index (χ0) is 20.3. The highest BCUT2D eigenvalue weighted by atomic mass is 16.6. The summed E-state index contributed by atoms with van der Waals surface area (Å²) < 4.78 is 17.7. The van der Waals surface area contributed by atoms with Crippen LogP contribution in [-0.2, 0) is 9.47 Å². The van der Waals surface area contributed by atoms with E-state index >= 15 is 0 Å². The zero-order valence-corrected chi connectivity index (χ0v) is 18.0. The van der Waals surface area contributed by atoms with Gasteiger partial charge in [0.15, 0.2) is 0 Å². The van der Waals surface area contributed by atoms with E-state index in [9.17, 15) is 0 Å². The number of benzene rings is 1. The second kappa shape index (κ2) is 17.5. The number of hydrogen-bond donors (Lipinski definition) is 0. The largest absolute Gasteiger partial charge is 0.491 e. The van der Waals surface area contributed by atoms with E-state index in [1.807, 2.05) is 12.1 Å². The number of hydrogen-bond acceptors (Lipinski definition) is 4. The molecule has 0 spiro atoms. The molecule has 4 nitrogen and oxygen atoms in total. The van der Waals surface area contributed by atoms with Crippen LogP contribution in [0.1, 0.15) is 83.6 Å². The van der Waals surface area contributed by atoms with Crippen LogP contribution >= 0.6 is 0 Å². The number of nitriles is 1. The number of ether oxygens (including phenoxy) is 3. The van der Waals surface area contributed by atoms with Gasteiger partial charge in [0, 0.05) is 13.2 Å². The number of unbranched alkanes of at least 4 members (excludes halogenated alkanes) is 8. The molecule has 1 aromatic rings. The first-order valence-electron chi connectivity index (χ1n) is 11.1. The molecule has 0 aliphatic heterocycles. The summed E-state index contributed by atoms with van der Waals surface area (Å²) in [5, 5.41) is 8.88. The zero-order valence-electron chi connectivity index (χ0n) is 18.0. The van der Waals surface area contributed by atoms with Crippen LogP contribution in [0.3, 0.4) is 0 Å². The molecule has 0 amide bonds. The Morgan fingerprint density at radius 1 is 0.786 bits per heavy atom. The van der Waals surface area contributed by atoms with Gasteiger partial charge in [0.05, 0.1) is 18.2 Å². The van der Waals surface area contributed by atoms with Crippen molar-refractivity contribution >= 4 is 0 Å². The molecular formula is C24H39NO3. The monoisotopic (exact) mass is 389 g/mol. The van der Waals surface area contributed by atoms with Crippen molar-refractivity contribution in [2.24, 2.45) is 0 Å². The van der Waals surface area contributed by atoms with Gasteiger partial charge in [0.25, 0.3) is 0 Å². The minimum absolute atomic E-state index is 0.0579. The Morgan fingerprint density at radius 3 is 2.00 bits per heavy atom. The van der Waals surface area contributed by atoms with Gasteiger partial charge in [-0.25, -0.2) is 0 Å². The van der Waals surface area contributed by atoms with Crippen molar-refractivity contribution in [3.63, 3.8) is 0 Å². The Hall–Kier alpha value is -1.57. The van der Waals surface area contributed by atoms with Crippen molar-refractivity contribution in [2.75, 3.05) is 26.4 Å². The third kappa shape index (κ3) is 12.8. The highest BCUT2D eigenvalue weighted by molar-refractivity contribution is 5.34. The third-order valence-electron chi connectivity index (χ3n) is 4.72. The summed E-state index contributed by atoms with van der Waals surface area (Å²) in [6.07, 6.45) is 12.3. The SMILES string of the molecule is CCCCCCCOCC(COc1ccc(C#N)cc1)OCCCCCCC. The topological polar surface area (TPSA) is 51.5 Å². The summed E-state index contributed by atoms with van der Waals surface area (Å²) in [5.41, 5.74) is 0.638. The van der Waals surface area contributed by atoms with Crippen molar-refractivity contribution in [3.8, 4) is 11.8 Å². The summed E-state index contributed by atoms with van der Waals surface area (Å²) in [7, 11) is 0. The Morgan fingerprint density at radius 2 is 1.39 bits per heavy atom. The Labute approximate surface area is 172 Å². The molecule has 0 N–H and O–H groups in total. The normalized spacial score (nSPS) is 11.9. The maximum absolute atomic E-state index is 8.88. The van der Waals surface area contributed by atoms with Crippen LogP contribution in [0.25, 0.3) is 0 Å². The lowest BCUT2D eigenvalue weighted by molar-refractivity contribution is -0.0389. The van der Waals surface area contributed by atoms with Crippen LogP contribution in [0.4, 0.5) is 0 Å². The molecule has 0 aliphatic rings. The maximum atomic E-state index is 8.88. The van der Waals surface area contributed by atoms with Crippen LogP contribution in [0.2, 0.25) is 0 Å². The molecule has 1 atom stereocenters. The van der Waals surface area contributed by atoms with E-state index in [1.165, 1.54) is 51.4 Å². The second-order valence-corrected chi connectivity index (χ2v) is 7.34. The third-order valence-corrected chi connectivity index (χ3v) is 4.72. The smallest absolute Gasteiger partial charge is 0.119 e. The van der Waals surface area contributed by atoms with Crippen LogP contribution in [0.15, 0.2) is 24.3 Å². The van der Waals surface area contributed by atoms with E-state index in [0.717, 1.165) is 31.8 Å². The molecule has 1 aromatic carbocycles. The quantitative estimate of drug-likeness (QED) is 0.277. The molecular weight excluding hydrogens is 350 g/mol. The van der Waals surface area contributed by atoms with Gasteiger partial charge in [-0.15, -0.1) is 0 Å². The molecule has 0 radical (unpaired) electrons. The highest BCUT2D eigenvalue weighted by Crippen LogP contribution is 2.13. The van der Waals surface area contributed by atoms with Gasteiger partial charge in [-0.1, -0.05) is 65.2 Å². The average Bonchev–Trinajstić information content (AvgIpc) is 2.73.